The Hall–Kier alpha value is -4.37. The molecule has 1 saturated heterocycles. The molecule has 0 aliphatic carbocycles. The Morgan fingerprint density at radius 1 is 0.744 bits per heavy atom. The zero-order valence-corrected chi connectivity index (χ0v) is 22.0. The number of hydrogen-bond acceptors (Lipinski definition) is 5. The van der Waals surface area contributed by atoms with E-state index >= 15 is 0 Å². The van der Waals surface area contributed by atoms with Gasteiger partial charge in [0, 0.05) is 31.9 Å². The van der Waals surface area contributed by atoms with Gasteiger partial charge in [-0.05, 0) is 72.8 Å². The van der Waals surface area contributed by atoms with Crippen LogP contribution in [0.15, 0.2) is 114 Å². The molecule has 1 aliphatic heterocycles. The summed E-state index contributed by atoms with van der Waals surface area (Å²) in [5, 5.41) is 0. The monoisotopic (exact) mass is 545 g/mol. The molecular weight excluding hydrogens is 517 g/mol. The van der Waals surface area contributed by atoms with Crippen LogP contribution in [0.1, 0.15) is 0 Å². The highest BCUT2D eigenvalue weighted by atomic mass is 32.2. The predicted octanol–water partition coefficient (Wildman–Crippen LogP) is 5.16. The zero-order chi connectivity index (χ0) is 27.2. The fourth-order valence-electron chi connectivity index (χ4n) is 4.43. The summed E-state index contributed by atoms with van der Waals surface area (Å²) in [6.45, 7) is 1.65. The average Bonchev–Trinajstić information content (AvgIpc) is 2.98. The van der Waals surface area contributed by atoms with Crippen LogP contribution in [0.25, 0.3) is 0 Å². The molecule has 0 radical (unpaired) electrons. The van der Waals surface area contributed by atoms with E-state index in [1.165, 1.54) is 24.3 Å². The lowest BCUT2D eigenvalue weighted by molar-refractivity contribution is -0.129. The van der Waals surface area contributed by atoms with E-state index in [1.807, 2.05) is 30.3 Å². The molecule has 0 atom stereocenters. The van der Waals surface area contributed by atoms with E-state index in [-0.39, 0.29) is 23.2 Å². The molecule has 4 aromatic carbocycles. The highest BCUT2D eigenvalue weighted by molar-refractivity contribution is 7.92. The van der Waals surface area contributed by atoms with Gasteiger partial charge in [0.15, 0.2) is 0 Å². The number of hydrogen-bond donors (Lipinski definition) is 0. The van der Waals surface area contributed by atoms with Crippen molar-refractivity contribution in [3.63, 3.8) is 0 Å². The van der Waals surface area contributed by atoms with Gasteiger partial charge >= 0.3 is 0 Å². The van der Waals surface area contributed by atoms with E-state index in [4.69, 9.17) is 4.74 Å². The molecule has 0 aromatic heterocycles. The summed E-state index contributed by atoms with van der Waals surface area (Å²) < 4.78 is 47.6. The van der Waals surface area contributed by atoms with E-state index in [1.54, 1.807) is 59.5 Å². The van der Waals surface area contributed by atoms with Gasteiger partial charge in [-0.25, -0.2) is 12.8 Å². The van der Waals surface area contributed by atoms with Gasteiger partial charge in [0.05, 0.1) is 10.6 Å². The third kappa shape index (κ3) is 6.21. The standard InChI is InChI=1S/C30H28FN3O4S/c31-24-11-13-25(14-12-24)32-19-21-33(22-20-32)30(35)23-34(39(36,37)29-9-5-2-6-10-29)26-15-17-28(18-16-26)38-27-7-3-1-4-8-27/h1-18H,19-23H2. The molecule has 0 bridgehead atoms. The van der Waals surface area contributed by atoms with Crippen molar-refractivity contribution in [3.8, 4) is 11.5 Å². The Morgan fingerprint density at radius 3 is 1.92 bits per heavy atom. The summed E-state index contributed by atoms with van der Waals surface area (Å²) in [5.41, 5.74) is 1.24. The fourth-order valence-corrected chi connectivity index (χ4v) is 5.86. The van der Waals surface area contributed by atoms with Gasteiger partial charge in [0.1, 0.15) is 23.9 Å². The van der Waals surface area contributed by atoms with Gasteiger partial charge in [-0.3, -0.25) is 9.10 Å². The highest BCUT2D eigenvalue weighted by Gasteiger charge is 2.30. The molecule has 0 N–H and O–H groups in total. The number of anilines is 2. The first-order valence-corrected chi connectivity index (χ1v) is 14.0. The zero-order valence-electron chi connectivity index (χ0n) is 21.2. The first-order chi connectivity index (χ1) is 18.9. The second-order valence-electron chi connectivity index (χ2n) is 9.08. The molecule has 0 saturated carbocycles. The van der Waals surface area contributed by atoms with Gasteiger partial charge in [-0.1, -0.05) is 36.4 Å². The Labute approximate surface area is 227 Å². The minimum Gasteiger partial charge on any atom is -0.457 e. The van der Waals surface area contributed by atoms with Gasteiger partial charge < -0.3 is 14.5 Å². The molecule has 1 fully saturated rings. The van der Waals surface area contributed by atoms with Crippen LogP contribution in [-0.4, -0.2) is 51.9 Å². The van der Waals surface area contributed by atoms with E-state index in [2.05, 4.69) is 4.90 Å². The Morgan fingerprint density at radius 2 is 1.31 bits per heavy atom. The van der Waals surface area contributed by atoms with Crippen molar-refractivity contribution in [2.75, 3.05) is 41.9 Å². The number of halogens is 1. The van der Waals surface area contributed by atoms with Crippen LogP contribution in [0.4, 0.5) is 15.8 Å². The largest absolute Gasteiger partial charge is 0.457 e. The molecule has 4 aromatic rings. The summed E-state index contributed by atoms with van der Waals surface area (Å²) in [5.74, 6) is 0.615. The Kier molecular flexibility index (Phi) is 7.79. The summed E-state index contributed by atoms with van der Waals surface area (Å²) in [7, 11) is -4.02. The predicted molar refractivity (Wildman–Crippen MR) is 149 cm³/mol. The van der Waals surface area contributed by atoms with E-state index in [0.29, 0.717) is 43.4 Å². The van der Waals surface area contributed by atoms with Crippen molar-refractivity contribution in [1.29, 1.82) is 0 Å². The first-order valence-electron chi connectivity index (χ1n) is 12.6. The number of nitrogens with zero attached hydrogens (tertiary/aromatic N) is 3. The van der Waals surface area contributed by atoms with Crippen LogP contribution in [0.2, 0.25) is 0 Å². The van der Waals surface area contributed by atoms with Gasteiger partial charge in [-0.15, -0.1) is 0 Å². The topological polar surface area (TPSA) is 70.2 Å². The molecular formula is C30H28FN3O4S. The van der Waals surface area contributed by atoms with E-state index in [9.17, 15) is 17.6 Å². The lowest BCUT2D eigenvalue weighted by atomic mass is 10.2. The quantitative estimate of drug-likeness (QED) is 0.306. The lowest BCUT2D eigenvalue weighted by Gasteiger charge is -2.37. The van der Waals surface area contributed by atoms with Gasteiger partial charge in [-0.2, -0.15) is 0 Å². The van der Waals surface area contributed by atoms with Gasteiger partial charge in [0.25, 0.3) is 10.0 Å². The lowest BCUT2D eigenvalue weighted by Crippen LogP contribution is -2.52. The van der Waals surface area contributed by atoms with E-state index < -0.39 is 10.0 Å². The van der Waals surface area contributed by atoms with Crippen LogP contribution in [0, 0.1) is 5.82 Å². The number of piperazine rings is 1. The molecule has 0 spiro atoms. The van der Waals surface area contributed by atoms with Crippen molar-refractivity contribution in [3.05, 3.63) is 115 Å². The maximum atomic E-state index is 13.7. The summed E-state index contributed by atoms with van der Waals surface area (Å²) in [6, 6.07) is 30.2. The second-order valence-corrected chi connectivity index (χ2v) is 10.9. The number of carbonyl (C=O) groups is 1. The van der Waals surface area contributed by atoms with Crippen LogP contribution >= 0.6 is 0 Å². The minimum absolute atomic E-state index is 0.101. The maximum absolute atomic E-state index is 13.7. The fraction of sp³-hybridized carbons (Fsp3) is 0.167. The van der Waals surface area contributed by atoms with Crippen molar-refractivity contribution in [2.45, 2.75) is 4.90 Å². The summed E-state index contributed by atoms with van der Waals surface area (Å²) >= 11 is 0. The molecule has 1 heterocycles. The second kappa shape index (κ2) is 11.6. The molecule has 200 valence electrons. The summed E-state index contributed by atoms with van der Waals surface area (Å²) in [4.78, 5) is 17.2. The molecule has 0 unspecified atom stereocenters. The third-order valence-electron chi connectivity index (χ3n) is 6.54. The SMILES string of the molecule is O=C(CN(c1ccc(Oc2ccccc2)cc1)S(=O)(=O)c1ccccc1)N1CCN(c2ccc(F)cc2)CC1. The summed E-state index contributed by atoms with van der Waals surface area (Å²) in [6.07, 6.45) is 0. The van der Waals surface area contributed by atoms with Crippen molar-refractivity contribution >= 4 is 27.3 Å². The number of sulfonamides is 1. The minimum atomic E-state index is -4.02. The van der Waals surface area contributed by atoms with Crippen molar-refractivity contribution in [1.82, 2.24) is 4.90 Å². The number of benzene rings is 4. The Balaban J connectivity index is 1.33. The van der Waals surface area contributed by atoms with Crippen LogP contribution < -0.4 is 13.9 Å². The van der Waals surface area contributed by atoms with Crippen molar-refractivity contribution < 1.29 is 22.3 Å². The maximum Gasteiger partial charge on any atom is 0.264 e. The third-order valence-corrected chi connectivity index (χ3v) is 8.33. The molecule has 39 heavy (non-hydrogen) atoms. The Bertz CT molecular complexity index is 1490. The molecule has 1 amide bonds. The molecule has 9 heteroatoms. The number of amides is 1. The normalized spacial score (nSPS) is 13.7. The smallest absolute Gasteiger partial charge is 0.264 e. The van der Waals surface area contributed by atoms with Crippen LogP contribution in [0.3, 0.4) is 0 Å². The molecule has 5 rings (SSSR count). The van der Waals surface area contributed by atoms with Crippen LogP contribution in [0.5, 0.6) is 11.5 Å². The average molecular weight is 546 g/mol. The number of rotatable bonds is 8. The molecule has 7 nitrogen and oxygen atoms in total. The first kappa shape index (κ1) is 26.2. The number of ether oxygens (including phenoxy) is 1. The number of carbonyl (C=O) groups excluding carboxylic acids is 1. The molecule has 1 aliphatic rings. The van der Waals surface area contributed by atoms with Gasteiger partial charge in [0.2, 0.25) is 5.91 Å². The highest BCUT2D eigenvalue weighted by Crippen LogP contribution is 2.28. The number of para-hydroxylation sites is 1. The van der Waals surface area contributed by atoms with Crippen molar-refractivity contribution in [2.24, 2.45) is 0 Å². The van der Waals surface area contributed by atoms with Crippen LogP contribution in [-0.2, 0) is 14.8 Å². The van der Waals surface area contributed by atoms with E-state index in [0.717, 1.165) is 9.99 Å².